The van der Waals surface area contributed by atoms with Crippen LogP contribution in [0.4, 0.5) is 0 Å². The third-order valence-electron chi connectivity index (χ3n) is 10.3. The van der Waals surface area contributed by atoms with Crippen molar-refractivity contribution in [3.05, 3.63) is 108 Å². The van der Waals surface area contributed by atoms with Gasteiger partial charge in [-0.2, -0.15) is 0 Å². The molecule has 0 unspecified atom stereocenters. The monoisotopic (exact) mass is 748 g/mol. The van der Waals surface area contributed by atoms with Gasteiger partial charge >= 0.3 is 0 Å². The van der Waals surface area contributed by atoms with Gasteiger partial charge in [0, 0.05) is 42.4 Å². The molecule has 1 aromatic heterocycles. The predicted molar refractivity (Wildman–Crippen MR) is 206 cm³/mol. The first kappa shape index (κ1) is 38.7. The van der Waals surface area contributed by atoms with E-state index >= 15 is 0 Å². The number of nitrogens with zero attached hydrogens (tertiary/aromatic N) is 1. The number of carbonyl (C=O) groups excluding carboxylic acids is 6. The van der Waals surface area contributed by atoms with Gasteiger partial charge in [-0.3, -0.25) is 33.7 Å². The van der Waals surface area contributed by atoms with Crippen LogP contribution in [0.5, 0.6) is 0 Å². The van der Waals surface area contributed by atoms with E-state index in [1.165, 1.54) is 0 Å². The van der Waals surface area contributed by atoms with Gasteiger partial charge in [0.2, 0.25) is 35.4 Å². The molecule has 3 aromatic carbocycles. The third kappa shape index (κ3) is 10.8. The maximum atomic E-state index is 14.2. The molecule has 14 heteroatoms. The Kier molecular flexibility index (Phi) is 12.9. The van der Waals surface area contributed by atoms with Crippen LogP contribution >= 0.6 is 0 Å². The minimum absolute atomic E-state index is 0.0106. The molecule has 0 spiro atoms. The van der Waals surface area contributed by atoms with Gasteiger partial charge in [0.25, 0.3) is 0 Å². The normalized spacial score (nSPS) is 22.1. The van der Waals surface area contributed by atoms with Crippen molar-refractivity contribution in [1.29, 1.82) is 0 Å². The average Bonchev–Trinajstić information content (AvgIpc) is 3.59. The minimum Gasteiger partial charge on any atom is -0.369 e. The number of nitrogens with two attached hydrogens (primary N) is 1. The molecule has 6 rings (SSSR count). The van der Waals surface area contributed by atoms with Gasteiger partial charge in [-0.25, -0.2) is 0 Å². The highest BCUT2D eigenvalue weighted by atomic mass is 16.2. The number of aromatic nitrogens is 1. The van der Waals surface area contributed by atoms with E-state index in [1.54, 1.807) is 6.20 Å². The molecule has 288 valence electrons. The molecule has 14 nitrogen and oxygen atoms in total. The summed E-state index contributed by atoms with van der Waals surface area (Å²) < 4.78 is 0. The summed E-state index contributed by atoms with van der Waals surface area (Å²) >= 11 is 0. The van der Waals surface area contributed by atoms with E-state index in [9.17, 15) is 28.8 Å². The molecule has 0 aliphatic carbocycles. The first-order valence-electron chi connectivity index (χ1n) is 18.7. The zero-order chi connectivity index (χ0) is 38.7. The van der Waals surface area contributed by atoms with Crippen molar-refractivity contribution in [2.24, 2.45) is 11.7 Å². The fraction of sp³-hybridized carbons (Fsp3) is 0.366. The highest BCUT2D eigenvalue weighted by molar-refractivity contribution is 5.96. The van der Waals surface area contributed by atoms with Crippen LogP contribution < -0.4 is 32.3 Å². The first-order valence-corrected chi connectivity index (χ1v) is 18.7. The fourth-order valence-electron chi connectivity index (χ4n) is 7.25. The number of primary amides is 1. The van der Waals surface area contributed by atoms with Crippen LogP contribution in [0.3, 0.4) is 0 Å². The van der Waals surface area contributed by atoms with Crippen molar-refractivity contribution in [2.75, 3.05) is 26.2 Å². The number of para-hydroxylation sites is 1. The molecule has 4 aromatic rings. The number of rotatable bonds is 10. The van der Waals surface area contributed by atoms with Crippen LogP contribution in [0, 0.1) is 5.92 Å². The second-order valence-corrected chi connectivity index (χ2v) is 14.4. The van der Waals surface area contributed by atoms with Crippen molar-refractivity contribution in [2.45, 2.75) is 62.7 Å². The molecule has 8 N–H and O–H groups in total. The average molecular weight is 749 g/mol. The molecule has 2 saturated heterocycles. The van der Waals surface area contributed by atoms with E-state index in [1.807, 2.05) is 89.8 Å². The number of piperidine rings is 1. The Morgan fingerprint density at radius 2 is 1.35 bits per heavy atom. The van der Waals surface area contributed by atoms with Crippen molar-refractivity contribution in [3.8, 4) is 0 Å². The Labute approximate surface area is 319 Å². The summed E-state index contributed by atoms with van der Waals surface area (Å²) in [5.74, 6) is -3.36. The van der Waals surface area contributed by atoms with Crippen molar-refractivity contribution in [1.82, 2.24) is 36.5 Å². The van der Waals surface area contributed by atoms with Gasteiger partial charge < -0.3 is 37.3 Å². The van der Waals surface area contributed by atoms with E-state index in [4.69, 9.17) is 5.73 Å². The van der Waals surface area contributed by atoms with Gasteiger partial charge in [0.05, 0.1) is 19.0 Å². The summed E-state index contributed by atoms with van der Waals surface area (Å²) in [7, 11) is 0. The SMILES string of the molecule is NC(=O)C1CCN(CC(=O)N[C@@H]2CC(=O)N[C@@H](Cc3c[nH]c4ccccc34)C(=O)N[C@@H](Cc3ccccc3)C(=O)N[C@H](Cc3ccccc3)CNC2=O)CC1. The molecule has 0 bridgehead atoms. The number of likely N-dealkylation sites (tertiary alicyclic amines) is 1. The van der Waals surface area contributed by atoms with Crippen molar-refractivity contribution in [3.63, 3.8) is 0 Å². The molecular weight excluding hydrogens is 701 g/mol. The van der Waals surface area contributed by atoms with Crippen LogP contribution in [0.1, 0.15) is 36.0 Å². The van der Waals surface area contributed by atoms with Crippen LogP contribution in [0.25, 0.3) is 10.9 Å². The quantitative estimate of drug-likeness (QED) is 0.124. The second kappa shape index (κ2) is 18.3. The van der Waals surface area contributed by atoms with Crippen molar-refractivity contribution < 1.29 is 28.8 Å². The molecule has 6 amide bonds. The predicted octanol–water partition coefficient (Wildman–Crippen LogP) is 0.852. The second-order valence-electron chi connectivity index (χ2n) is 14.4. The molecule has 0 radical (unpaired) electrons. The number of fused-ring (bicyclic) bond motifs is 1. The van der Waals surface area contributed by atoms with Crippen LogP contribution in [0.2, 0.25) is 0 Å². The van der Waals surface area contributed by atoms with Gasteiger partial charge in [-0.15, -0.1) is 0 Å². The fourth-order valence-corrected chi connectivity index (χ4v) is 7.25. The van der Waals surface area contributed by atoms with Crippen molar-refractivity contribution >= 4 is 46.3 Å². The molecule has 0 saturated carbocycles. The van der Waals surface area contributed by atoms with E-state index < -0.39 is 60.1 Å². The van der Waals surface area contributed by atoms with Crippen LogP contribution in [-0.4, -0.2) is 95.7 Å². The number of H-pyrrole nitrogens is 1. The van der Waals surface area contributed by atoms with E-state index in [2.05, 4.69) is 31.6 Å². The molecule has 2 aliphatic heterocycles. The lowest BCUT2D eigenvalue weighted by molar-refractivity contribution is -0.135. The Morgan fingerprint density at radius 1 is 0.727 bits per heavy atom. The largest absolute Gasteiger partial charge is 0.369 e. The summed E-state index contributed by atoms with van der Waals surface area (Å²) in [6.45, 7) is 0.908. The third-order valence-corrected chi connectivity index (χ3v) is 10.3. The number of aromatic amines is 1. The Hall–Kier alpha value is -6.02. The number of hydrogen-bond donors (Lipinski definition) is 7. The van der Waals surface area contributed by atoms with Crippen LogP contribution in [0.15, 0.2) is 91.1 Å². The molecule has 55 heavy (non-hydrogen) atoms. The molecular formula is C41H48N8O6. The number of nitrogens with one attached hydrogen (secondary N) is 6. The molecule has 2 fully saturated rings. The van der Waals surface area contributed by atoms with Crippen LogP contribution in [-0.2, 0) is 48.0 Å². The summed E-state index contributed by atoms with van der Waals surface area (Å²) in [4.78, 5) is 86.0. The Morgan fingerprint density at radius 3 is 2.04 bits per heavy atom. The Bertz CT molecular complexity index is 1980. The highest BCUT2D eigenvalue weighted by Crippen LogP contribution is 2.20. The lowest BCUT2D eigenvalue weighted by Gasteiger charge is -2.30. The first-order chi connectivity index (χ1) is 26.6. The number of hydrogen-bond acceptors (Lipinski definition) is 7. The lowest BCUT2D eigenvalue weighted by atomic mass is 9.96. The number of carbonyl (C=O) groups is 6. The zero-order valence-corrected chi connectivity index (χ0v) is 30.6. The minimum atomic E-state index is -1.28. The maximum absolute atomic E-state index is 14.2. The molecule has 3 heterocycles. The van der Waals surface area contributed by atoms with Gasteiger partial charge in [-0.05, 0) is 55.1 Å². The molecule has 4 atom stereocenters. The van der Waals surface area contributed by atoms with Gasteiger partial charge in [-0.1, -0.05) is 78.9 Å². The van der Waals surface area contributed by atoms with E-state index in [-0.39, 0.29) is 37.8 Å². The van der Waals surface area contributed by atoms with Gasteiger partial charge in [0.15, 0.2) is 0 Å². The summed E-state index contributed by atoms with van der Waals surface area (Å²) in [6.07, 6.45) is 3.02. The van der Waals surface area contributed by atoms with Gasteiger partial charge in [0.1, 0.15) is 18.1 Å². The standard InChI is InChI=1S/C41H48N8O6/c42-38(52)28-15-17-49(18-16-28)25-37(51)47-35-22-36(50)46-34(21-29-23-43-32-14-8-7-13-31(29)32)41(55)48-33(20-27-11-5-2-6-12-27)40(54)45-30(24-44-39(35)53)19-26-9-3-1-4-10-26/h1-14,23,28,30,33-35,43H,15-22,24-25H2,(H2,42,52)(H,44,53)(H,45,54)(H,46,50)(H,47,51)(H,48,55)/t30-,33+,34+,35-/m1/s1. The zero-order valence-electron chi connectivity index (χ0n) is 30.6. The maximum Gasteiger partial charge on any atom is 0.243 e. The highest BCUT2D eigenvalue weighted by Gasteiger charge is 2.33. The molecule has 2 aliphatic rings. The number of amides is 6. The van der Waals surface area contributed by atoms with E-state index in [0.717, 1.165) is 27.6 Å². The van der Waals surface area contributed by atoms with E-state index in [0.29, 0.717) is 32.4 Å². The summed E-state index contributed by atoms with van der Waals surface area (Å²) in [6, 6.07) is 22.3. The smallest absolute Gasteiger partial charge is 0.243 e. The summed E-state index contributed by atoms with van der Waals surface area (Å²) in [5.41, 5.74) is 8.83. The topological polar surface area (TPSA) is 208 Å². The Balaban J connectivity index is 1.27. The lowest BCUT2D eigenvalue weighted by Crippen LogP contribution is -2.59. The summed E-state index contributed by atoms with van der Waals surface area (Å²) in [5, 5.41) is 15.2. The number of benzene rings is 3.